The number of nitrogens with two attached hydrogens (primary N) is 1. The van der Waals surface area contributed by atoms with Gasteiger partial charge in [0.05, 0.1) is 16.8 Å². The largest absolute Gasteiger partial charge is 0.466 e. The Morgan fingerprint density at radius 2 is 2.27 bits per heavy atom. The molecule has 2 saturated carbocycles. The molecule has 4 atom stereocenters. The number of hydrogen-bond donors (Lipinski definition) is 1. The van der Waals surface area contributed by atoms with Gasteiger partial charge in [-0.15, -0.1) is 0 Å². The molecular formula is C12H16BrNO. The molecule has 1 aromatic heterocycles. The second kappa shape index (κ2) is 3.63. The summed E-state index contributed by atoms with van der Waals surface area (Å²) in [6.45, 7) is 0. The van der Waals surface area contributed by atoms with E-state index in [4.69, 9.17) is 10.2 Å². The van der Waals surface area contributed by atoms with E-state index in [2.05, 4.69) is 15.9 Å². The molecule has 2 fully saturated rings. The van der Waals surface area contributed by atoms with Gasteiger partial charge in [-0.25, -0.2) is 0 Å². The predicted molar refractivity (Wildman–Crippen MR) is 62.3 cm³/mol. The van der Waals surface area contributed by atoms with Crippen molar-refractivity contribution in [2.45, 2.75) is 31.7 Å². The Labute approximate surface area is 98.3 Å². The maximum atomic E-state index is 6.31. The zero-order valence-electron chi connectivity index (χ0n) is 8.66. The van der Waals surface area contributed by atoms with Crippen molar-refractivity contribution in [3.63, 3.8) is 0 Å². The monoisotopic (exact) mass is 269 g/mol. The molecule has 2 nitrogen and oxygen atoms in total. The molecule has 15 heavy (non-hydrogen) atoms. The predicted octanol–water partition coefficient (Wildman–Crippen LogP) is 3.48. The Hall–Kier alpha value is -0.280. The van der Waals surface area contributed by atoms with Gasteiger partial charge in [0.2, 0.25) is 0 Å². The molecule has 2 N–H and O–H groups in total. The molecule has 2 aliphatic carbocycles. The molecule has 1 aromatic rings. The third-order valence-electron chi connectivity index (χ3n) is 4.20. The second-order valence-corrected chi connectivity index (χ2v) is 5.85. The Bertz CT molecular complexity index is 362. The summed E-state index contributed by atoms with van der Waals surface area (Å²) in [5.74, 6) is 3.38. The Morgan fingerprint density at radius 1 is 1.40 bits per heavy atom. The molecule has 4 unspecified atom stereocenters. The number of halogens is 1. The van der Waals surface area contributed by atoms with Gasteiger partial charge in [-0.05, 0) is 59.0 Å². The highest BCUT2D eigenvalue weighted by Crippen LogP contribution is 2.52. The molecule has 3 rings (SSSR count). The quantitative estimate of drug-likeness (QED) is 0.893. The van der Waals surface area contributed by atoms with Crippen LogP contribution in [0.15, 0.2) is 21.2 Å². The summed E-state index contributed by atoms with van der Waals surface area (Å²) < 4.78 is 6.50. The zero-order valence-corrected chi connectivity index (χ0v) is 10.2. The maximum absolute atomic E-state index is 6.31. The first-order valence-electron chi connectivity index (χ1n) is 5.74. The molecular weight excluding hydrogens is 254 g/mol. The van der Waals surface area contributed by atoms with Gasteiger partial charge in [-0.2, -0.15) is 0 Å². The van der Waals surface area contributed by atoms with Crippen LogP contribution in [-0.2, 0) is 0 Å². The summed E-state index contributed by atoms with van der Waals surface area (Å²) >= 11 is 3.49. The fraction of sp³-hybridized carbons (Fsp3) is 0.667. The van der Waals surface area contributed by atoms with Crippen LogP contribution in [-0.4, -0.2) is 0 Å². The SMILES string of the molecule is NC(c1occc1Br)C1CC2CCC1C2. The van der Waals surface area contributed by atoms with Crippen molar-refractivity contribution in [1.29, 1.82) is 0 Å². The minimum absolute atomic E-state index is 0.0877. The van der Waals surface area contributed by atoms with E-state index in [0.29, 0.717) is 5.92 Å². The molecule has 2 aliphatic rings. The lowest BCUT2D eigenvalue weighted by Crippen LogP contribution is -2.25. The van der Waals surface area contributed by atoms with Crippen LogP contribution in [0.5, 0.6) is 0 Å². The fourth-order valence-corrected chi connectivity index (χ4v) is 3.94. The van der Waals surface area contributed by atoms with Crippen molar-refractivity contribution in [3.05, 3.63) is 22.6 Å². The molecule has 2 bridgehead atoms. The third-order valence-corrected chi connectivity index (χ3v) is 4.86. The van der Waals surface area contributed by atoms with Crippen molar-refractivity contribution < 1.29 is 4.42 Å². The van der Waals surface area contributed by atoms with E-state index in [1.165, 1.54) is 25.7 Å². The van der Waals surface area contributed by atoms with Gasteiger partial charge in [0.1, 0.15) is 5.76 Å². The summed E-state index contributed by atoms with van der Waals surface area (Å²) in [4.78, 5) is 0. The summed E-state index contributed by atoms with van der Waals surface area (Å²) in [5.41, 5.74) is 6.31. The standard InChI is InChI=1S/C12H16BrNO/c13-10-3-4-15-12(10)11(14)9-6-7-1-2-8(9)5-7/h3-4,7-9,11H,1-2,5-6,14H2. The van der Waals surface area contributed by atoms with E-state index in [-0.39, 0.29) is 6.04 Å². The first-order chi connectivity index (χ1) is 7.25. The summed E-state index contributed by atoms with van der Waals surface area (Å²) in [7, 11) is 0. The first-order valence-corrected chi connectivity index (χ1v) is 6.53. The van der Waals surface area contributed by atoms with Crippen LogP contribution >= 0.6 is 15.9 Å². The van der Waals surface area contributed by atoms with Gasteiger partial charge < -0.3 is 10.2 Å². The molecule has 0 spiro atoms. The van der Waals surface area contributed by atoms with Crippen molar-refractivity contribution >= 4 is 15.9 Å². The van der Waals surface area contributed by atoms with E-state index in [1.807, 2.05) is 6.07 Å². The van der Waals surface area contributed by atoms with Gasteiger partial charge in [-0.1, -0.05) is 6.42 Å². The van der Waals surface area contributed by atoms with Gasteiger partial charge in [0.15, 0.2) is 0 Å². The average molecular weight is 270 g/mol. The van der Waals surface area contributed by atoms with E-state index >= 15 is 0 Å². The first kappa shape index (κ1) is 9.91. The number of furan rings is 1. The van der Waals surface area contributed by atoms with E-state index < -0.39 is 0 Å². The Kier molecular flexibility index (Phi) is 2.40. The smallest absolute Gasteiger partial charge is 0.134 e. The molecule has 0 radical (unpaired) electrons. The Balaban J connectivity index is 1.81. The molecule has 0 aromatic carbocycles. The van der Waals surface area contributed by atoms with Crippen molar-refractivity contribution in [2.24, 2.45) is 23.5 Å². The van der Waals surface area contributed by atoms with Gasteiger partial charge in [0, 0.05) is 0 Å². The molecule has 0 aliphatic heterocycles. The summed E-state index contributed by atoms with van der Waals surface area (Å²) in [6, 6.07) is 2.02. The van der Waals surface area contributed by atoms with Crippen molar-refractivity contribution in [1.82, 2.24) is 0 Å². The van der Waals surface area contributed by atoms with Gasteiger partial charge in [-0.3, -0.25) is 0 Å². The van der Waals surface area contributed by atoms with Gasteiger partial charge >= 0.3 is 0 Å². The van der Waals surface area contributed by atoms with Crippen LogP contribution in [0.25, 0.3) is 0 Å². The second-order valence-electron chi connectivity index (χ2n) is 5.00. The lowest BCUT2D eigenvalue weighted by atomic mass is 9.83. The van der Waals surface area contributed by atoms with Crippen LogP contribution in [0.1, 0.15) is 37.5 Å². The lowest BCUT2D eigenvalue weighted by molar-refractivity contribution is 0.259. The molecule has 1 heterocycles. The van der Waals surface area contributed by atoms with Crippen molar-refractivity contribution in [2.75, 3.05) is 0 Å². The van der Waals surface area contributed by atoms with Crippen molar-refractivity contribution in [3.8, 4) is 0 Å². The molecule has 0 saturated heterocycles. The topological polar surface area (TPSA) is 39.2 Å². The number of rotatable bonds is 2. The average Bonchev–Trinajstić information content (AvgIpc) is 2.91. The van der Waals surface area contributed by atoms with Crippen LogP contribution in [0, 0.1) is 17.8 Å². The minimum Gasteiger partial charge on any atom is -0.466 e. The highest BCUT2D eigenvalue weighted by molar-refractivity contribution is 9.10. The number of fused-ring (bicyclic) bond motifs is 2. The zero-order chi connectivity index (χ0) is 10.4. The van der Waals surface area contributed by atoms with Crippen LogP contribution in [0.2, 0.25) is 0 Å². The number of hydrogen-bond acceptors (Lipinski definition) is 2. The summed E-state index contributed by atoms with van der Waals surface area (Å²) in [5, 5.41) is 0. The van der Waals surface area contributed by atoms with E-state index in [9.17, 15) is 0 Å². The highest BCUT2D eigenvalue weighted by atomic mass is 79.9. The Morgan fingerprint density at radius 3 is 2.80 bits per heavy atom. The van der Waals surface area contributed by atoms with Crippen LogP contribution in [0.4, 0.5) is 0 Å². The molecule has 0 amide bonds. The minimum atomic E-state index is 0.0877. The van der Waals surface area contributed by atoms with E-state index in [1.54, 1.807) is 6.26 Å². The highest BCUT2D eigenvalue weighted by Gasteiger charge is 2.43. The van der Waals surface area contributed by atoms with Crippen LogP contribution < -0.4 is 5.73 Å². The maximum Gasteiger partial charge on any atom is 0.134 e. The lowest BCUT2D eigenvalue weighted by Gasteiger charge is -2.26. The van der Waals surface area contributed by atoms with E-state index in [0.717, 1.165) is 22.1 Å². The van der Waals surface area contributed by atoms with Crippen LogP contribution in [0.3, 0.4) is 0 Å². The van der Waals surface area contributed by atoms with Gasteiger partial charge in [0.25, 0.3) is 0 Å². The third kappa shape index (κ3) is 1.56. The normalized spacial score (nSPS) is 36.0. The summed E-state index contributed by atoms with van der Waals surface area (Å²) in [6.07, 6.45) is 7.22. The molecule has 82 valence electrons. The molecule has 3 heteroatoms. The fourth-order valence-electron chi connectivity index (χ4n) is 3.47.